The normalized spacial score (nSPS) is 26.2. The van der Waals surface area contributed by atoms with Crippen LogP contribution in [0.2, 0.25) is 0 Å². The Hall–Kier alpha value is -2.49. The number of halogens is 3. The summed E-state index contributed by atoms with van der Waals surface area (Å²) in [7, 11) is 0. The SMILES string of the molecule is O=C(c1cccc([N+](=O)[O-])c1)N1N=C2CCCC[C@@H]2[C@@]1(O)C(F)(F)F. The molecule has 1 aromatic carbocycles. The molecule has 0 unspecified atom stereocenters. The third kappa shape index (κ3) is 2.66. The van der Waals surface area contributed by atoms with E-state index in [1.165, 1.54) is 6.07 Å². The van der Waals surface area contributed by atoms with Gasteiger partial charge in [-0.2, -0.15) is 23.3 Å². The molecule has 1 N–H and O–H groups in total. The first-order valence-corrected chi connectivity index (χ1v) is 7.61. The molecule has 1 amide bonds. The number of rotatable bonds is 2. The van der Waals surface area contributed by atoms with Gasteiger partial charge in [-0.15, -0.1) is 0 Å². The van der Waals surface area contributed by atoms with Gasteiger partial charge >= 0.3 is 6.18 Å². The van der Waals surface area contributed by atoms with Gasteiger partial charge in [-0.25, -0.2) is 0 Å². The maximum atomic E-state index is 13.6. The number of non-ortho nitro benzene ring substituents is 1. The van der Waals surface area contributed by atoms with Crippen molar-refractivity contribution in [2.45, 2.75) is 37.6 Å². The summed E-state index contributed by atoms with van der Waals surface area (Å²) >= 11 is 0. The molecule has 2 aliphatic rings. The lowest BCUT2D eigenvalue weighted by atomic mass is 9.80. The van der Waals surface area contributed by atoms with Crippen LogP contribution in [0.3, 0.4) is 0 Å². The van der Waals surface area contributed by atoms with Crippen molar-refractivity contribution in [3.05, 3.63) is 39.9 Å². The summed E-state index contributed by atoms with van der Waals surface area (Å²) in [5, 5.41) is 25.0. The van der Waals surface area contributed by atoms with Gasteiger partial charge in [0.05, 0.1) is 10.8 Å². The topological polar surface area (TPSA) is 96.0 Å². The van der Waals surface area contributed by atoms with Crippen molar-refractivity contribution in [2.24, 2.45) is 11.0 Å². The van der Waals surface area contributed by atoms with Gasteiger partial charge < -0.3 is 5.11 Å². The monoisotopic (exact) mass is 357 g/mol. The number of fused-ring (bicyclic) bond motifs is 1. The molecule has 7 nitrogen and oxygen atoms in total. The van der Waals surface area contributed by atoms with Crippen LogP contribution in [0.1, 0.15) is 36.0 Å². The highest BCUT2D eigenvalue weighted by Crippen LogP contribution is 2.48. The number of hydrogen-bond acceptors (Lipinski definition) is 5. The van der Waals surface area contributed by atoms with Crippen LogP contribution in [0.15, 0.2) is 29.4 Å². The summed E-state index contributed by atoms with van der Waals surface area (Å²) in [5.74, 6) is -2.55. The van der Waals surface area contributed by atoms with Gasteiger partial charge in [0, 0.05) is 23.4 Å². The molecule has 1 aromatic rings. The van der Waals surface area contributed by atoms with Gasteiger partial charge in [0.15, 0.2) is 0 Å². The minimum atomic E-state index is -5.11. The van der Waals surface area contributed by atoms with Crippen molar-refractivity contribution in [1.82, 2.24) is 5.01 Å². The lowest BCUT2D eigenvalue weighted by Gasteiger charge is -2.38. The van der Waals surface area contributed by atoms with E-state index in [4.69, 9.17) is 0 Å². The van der Waals surface area contributed by atoms with Gasteiger partial charge in [0.25, 0.3) is 17.3 Å². The first-order chi connectivity index (χ1) is 11.7. The Morgan fingerprint density at radius 3 is 2.76 bits per heavy atom. The Morgan fingerprint density at radius 2 is 2.12 bits per heavy atom. The molecule has 0 spiro atoms. The van der Waals surface area contributed by atoms with Gasteiger partial charge in [-0.05, 0) is 25.3 Å². The average Bonchev–Trinajstić information content (AvgIpc) is 2.89. The Morgan fingerprint density at radius 1 is 1.40 bits per heavy atom. The molecule has 0 aromatic heterocycles. The van der Waals surface area contributed by atoms with Crippen LogP contribution in [0, 0.1) is 16.0 Å². The van der Waals surface area contributed by atoms with E-state index in [0.29, 0.717) is 12.8 Å². The van der Waals surface area contributed by atoms with Gasteiger partial charge in [0.1, 0.15) is 0 Å². The molecule has 1 aliphatic carbocycles. The number of carbonyl (C=O) groups is 1. The summed E-state index contributed by atoms with van der Waals surface area (Å²) in [6.45, 7) is 0. The Bertz CT molecular complexity index is 765. The summed E-state index contributed by atoms with van der Waals surface area (Å²) < 4.78 is 40.9. The van der Waals surface area contributed by atoms with Crippen LogP contribution >= 0.6 is 0 Å². The number of nitro groups is 1. The minimum absolute atomic E-state index is 0.0391. The Labute approximate surface area is 139 Å². The number of carbonyl (C=O) groups excluding carboxylic acids is 1. The summed E-state index contributed by atoms with van der Waals surface area (Å²) in [6, 6.07) is 4.31. The predicted octanol–water partition coefficient (Wildman–Crippen LogP) is 2.85. The van der Waals surface area contributed by atoms with Gasteiger partial charge in [-0.3, -0.25) is 14.9 Å². The Kier molecular flexibility index (Phi) is 4.02. The zero-order valence-corrected chi connectivity index (χ0v) is 12.9. The fraction of sp³-hybridized carbons (Fsp3) is 0.467. The number of nitrogens with zero attached hydrogens (tertiary/aromatic N) is 3. The van der Waals surface area contributed by atoms with Crippen molar-refractivity contribution in [2.75, 3.05) is 0 Å². The van der Waals surface area contributed by atoms with Gasteiger partial charge in [-0.1, -0.05) is 12.5 Å². The van der Waals surface area contributed by atoms with Crippen LogP contribution in [0.25, 0.3) is 0 Å². The van der Waals surface area contributed by atoms with Crippen LogP contribution in [-0.2, 0) is 0 Å². The number of benzene rings is 1. The molecule has 25 heavy (non-hydrogen) atoms. The molecule has 0 radical (unpaired) electrons. The lowest BCUT2D eigenvalue weighted by Crippen LogP contribution is -2.61. The number of aliphatic hydroxyl groups is 1. The fourth-order valence-corrected chi connectivity index (χ4v) is 3.29. The second-order valence-corrected chi connectivity index (χ2v) is 6.04. The van der Waals surface area contributed by atoms with E-state index in [1.54, 1.807) is 0 Å². The highest BCUT2D eigenvalue weighted by Gasteiger charge is 2.68. The maximum Gasteiger partial charge on any atom is 0.439 e. The van der Waals surface area contributed by atoms with E-state index in [1.807, 2.05) is 0 Å². The number of amides is 1. The van der Waals surface area contributed by atoms with Crippen LogP contribution in [0.4, 0.5) is 18.9 Å². The van der Waals surface area contributed by atoms with E-state index in [-0.39, 0.29) is 29.1 Å². The van der Waals surface area contributed by atoms with Crippen LogP contribution in [-0.4, -0.2) is 38.6 Å². The molecule has 10 heteroatoms. The molecule has 0 saturated heterocycles. The molecular formula is C15H14F3N3O4. The second-order valence-electron chi connectivity index (χ2n) is 6.04. The number of hydrazone groups is 1. The second kappa shape index (κ2) is 5.80. The third-order valence-corrected chi connectivity index (χ3v) is 4.53. The fourth-order valence-electron chi connectivity index (χ4n) is 3.29. The molecule has 1 heterocycles. The quantitative estimate of drug-likeness (QED) is 0.650. The molecular weight excluding hydrogens is 343 g/mol. The summed E-state index contributed by atoms with van der Waals surface area (Å²) in [4.78, 5) is 22.6. The first kappa shape index (κ1) is 17.3. The molecule has 1 saturated carbocycles. The van der Waals surface area contributed by atoms with Crippen molar-refractivity contribution in [1.29, 1.82) is 0 Å². The average molecular weight is 357 g/mol. The molecule has 2 atom stereocenters. The number of hydrogen-bond donors (Lipinski definition) is 1. The van der Waals surface area contributed by atoms with E-state index >= 15 is 0 Å². The van der Waals surface area contributed by atoms with E-state index in [2.05, 4.69) is 5.10 Å². The summed E-state index contributed by atoms with van der Waals surface area (Å²) in [5.41, 5.74) is -4.10. The zero-order valence-electron chi connectivity index (χ0n) is 12.9. The predicted molar refractivity (Wildman–Crippen MR) is 79.7 cm³/mol. The smallest absolute Gasteiger partial charge is 0.362 e. The van der Waals surface area contributed by atoms with Crippen molar-refractivity contribution < 1.29 is 28.0 Å². The molecule has 0 bridgehead atoms. The molecule has 134 valence electrons. The molecule has 1 fully saturated rings. The van der Waals surface area contributed by atoms with Gasteiger partial charge in [0.2, 0.25) is 0 Å². The minimum Gasteiger partial charge on any atom is -0.362 e. The van der Waals surface area contributed by atoms with Crippen molar-refractivity contribution in [3.8, 4) is 0 Å². The van der Waals surface area contributed by atoms with Crippen molar-refractivity contribution >= 4 is 17.3 Å². The lowest BCUT2D eigenvalue weighted by molar-refractivity contribution is -0.384. The van der Waals surface area contributed by atoms with E-state index in [0.717, 1.165) is 18.2 Å². The van der Waals surface area contributed by atoms with Crippen molar-refractivity contribution in [3.63, 3.8) is 0 Å². The number of nitro benzene ring substituents is 1. The molecule has 3 rings (SSSR count). The van der Waals surface area contributed by atoms with Crippen LogP contribution < -0.4 is 0 Å². The molecule has 1 aliphatic heterocycles. The largest absolute Gasteiger partial charge is 0.439 e. The Balaban J connectivity index is 2.04. The summed E-state index contributed by atoms with van der Waals surface area (Å²) in [6.07, 6.45) is -3.67. The first-order valence-electron chi connectivity index (χ1n) is 7.61. The zero-order chi connectivity index (χ0) is 18.4. The highest BCUT2D eigenvalue weighted by molar-refractivity contribution is 5.99. The maximum absolute atomic E-state index is 13.6. The van der Waals surface area contributed by atoms with E-state index in [9.17, 15) is 33.2 Å². The highest BCUT2D eigenvalue weighted by atomic mass is 19.4. The van der Waals surface area contributed by atoms with E-state index < -0.39 is 34.3 Å². The van der Waals surface area contributed by atoms with Crippen LogP contribution in [0.5, 0.6) is 0 Å². The third-order valence-electron chi connectivity index (χ3n) is 4.53. The standard InChI is InChI=1S/C15H14F3N3O4/c16-15(17,18)14(23)11-6-1-2-7-12(11)19-20(14)13(22)9-4-3-5-10(8-9)21(24)25/h3-5,8,11,23H,1-2,6-7H2/t11-,14+/m0/s1. The number of alkyl halides is 3.